The van der Waals surface area contributed by atoms with Crippen molar-refractivity contribution in [2.24, 2.45) is 4.99 Å². The lowest BCUT2D eigenvalue weighted by Crippen LogP contribution is -2.53. The Morgan fingerprint density at radius 2 is 1.45 bits per heavy atom. The first-order valence-electron chi connectivity index (χ1n) is 10.0. The smallest absolute Gasteiger partial charge is 0.224 e. The number of carbonyl (C=O) groups excluding carboxylic acids is 1. The fourth-order valence-corrected chi connectivity index (χ4v) is 3.39. The monoisotopic (exact) mass is 543 g/mol. The van der Waals surface area contributed by atoms with E-state index in [9.17, 15) is 13.6 Å². The largest absolute Gasteiger partial charge is 0.368 e. The third kappa shape index (κ3) is 7.64. The molecule has 0 aliphatic carbocycles. The van der Waals surface area contributed by atoms with Crippen molar-refractivity contribution in [1.29, 1.82) is 0 Å². The van der Waals surface area contributed by atoms with Crippen LogP contribution < -0.4 is 15.5 Å². The molecule has 0 spiro atoms. The molecule has 0 bridgehead atoms. The Labute approximate surface area is 198 Å². The minimum Gasteiger partial charge on any atom is -0.368 e. The molecule has 168 valence electrons. The highest BCUT2D eigenvalue weighted by Crippen LogP contribution is 2.16. The summed E-state index contributed by atoms with van der Waals surface area (Å²) in [4.78, 5) is 20.7. The summed E-state index contributed by atoms with van der Waals surface area (Å²) >= 11 is 0. The van der Waals surface area contributed by atoms with Gasteiger partial charge in [-0.05, 0) is 42.0 Å². The second-order valence-corrected chi connectivity index (χ2v) is 7.08. The van der Waals surface area contributed by atoms with Crippen molar-refractivity contribution in [2.75, 3.05) is 51.2 Å². The molecular weight excluding hydrogens is 515 g/mol. The number of rotatable bonds is 6. The van der Waals surface area contributed by atoms with Crippen molar-refractivity contribution in [3.63, 3.8) is 0 Å². The number of piperazine rings is 1. The van der Waals surface area contributed by atoms with Gasteiger partial charge >= 0.3 is 0 Å². The molecule has 0 atom stereocenters. The molecule has 2 aromatic carbocycles. The van der Waals surface area contributed by atoms with Crippen molar-refractivity contribution in [3.05, 3.63) is 65.7 Å². The molecule has 1 aliphatic rings. The summed E-state index contributed by atoms with van der Waals surface area (Å²) < 4.78 is 26.0. The third-order valence-electron chi connectivity index (χ3n) is 4.99. The Morgan fingerprint density at radius 1 is 0.903 bits per heavy atom. The van der Waals surface area contributed by atoms with Crippen LogP contribution in [0.15, 0.2) is 53.5 Å². The quantitative estimate of drug-likeness (QED) is 0.255. The molecule has 3 rings (SSSR count). The van der Waals surface area contributed by atoms with Crippen LogP contribution in [0.5, 0.6) is 0 Å². The number of benzene rings is 2. The Morgan fingerprint density at radius 3 is 2.03 bits per heavy atom. The molecule has 0 radical (unpaired) electrons. The molecule has 1 fully saturated rings. The first kappa shape index (κ1) is 24.8. The summed E-state index contributed by atoms with van der Waals surface area (Å²) in [5.41, 5.74) is 1.79. The van der Waals surface area contributed by atoms with Crippen molar-refractivity contribution in [2.45, 2.75) is 6.42 Å². The SMILES string of the molecule is CN=C(NCCNC(=O)Cc1ccc(F)cc1)N1CCN(c2ccc(F)cc2)CC1.I. The van der Waals surface area contributed by atoms with Crippen LogP contribution in [-0.2, 0) is 11.2 Å². The topological polar surface area (TPSA) is 60.0 Å². The predicted octanol–water partition coefficient (Wildman–Crippen LogP) is 2.64. The Kier molecular flexibility index (Phi) is 9.96. The van der Waals surface area contributed by atoms with E-state index in [1.807, 2.05) is 0 Å². The summed E-state index contributed by atoms with van der Waals surface area (Å²) in [5.74, 6) is 0.146. The number of carbonyl (C=O) groups is 1. The van der Waals surface area contributed by atoms with Gasteiger partial charge in [-0.1, -0.05) is 12.1 Å². The summed E-state index contributed by atoms with van der Waals surface area (Å²) in [6.45, 7) is 4.26. The van der Waals surface area contributed by atoms with E-state index in [4.69, 9.17) is 0 Å². The van der Waals surface area contributed by atoms with Gasteiger partial charge < -0.3 is 20.4 Å². The Hall–Kier alpha value is -2.43. The number of nitrogens with zero attached hydrogens (tertiary/aromatic N) is 3. The van der Waals surface area contributed by atoms with E-state index in [1.165, 1.54) is 24.3 Å². The summed E-state index contributed by atoms with van der Waals surface area (Å²) in [6.07, 6.45) is 0.223. The molecule has 2 N–H and O–H groups in total. The van der Waals surface area contributed by atoms with Crippen molar-refractivity contribution >= 4 is 41.5 Å². The van der Waals surface area contributed by atoms with E-state index < -0.39 is 0 Å². The van der Waals surface area contributed by atoms with Crippen molar-refractivity contribution in [1.82, 2.24) is 15.5 Å². The lowest BCUT2D eigenvalue weighted by molar-refractivity contribution is -0.120. The third-order valence-corrected chi connectivity index (χ3v) is 4.99. The molecule has 1 aliphatic heterocycles. The van der Waals surface area contributed by atoms with Gasteiger partial charge in [-0.25, -0.2) is 8.78 Å². The maximum atomic E-state index is 13.1. The molecule has 1 heterocycles. The highest BCUT2D eigenvalue weighted by Gasteiger charge is 2.19. The van der Waals surface area contributed by atoms with Gasteiger partial charge in [0.05, 0.1) is 6.42 Å². The van der Waals surface area contributed by atoms with Crippen LogP contribution in [0.25, 0.3) is 0 Å². The van der Waals surface area contributed by atoms with E-state index in [-0.39, 0.29) is 47.9 Å². The van der Waals surface area contributed by atoms with Gasteiger partial charge in [-0.3, -0.25) is 9.79 Å². The van der Waals surface area contributed by atoms with E-state index in [0.717, 1.165) is 43.4 Å². The number of halogens is 3. The number of hydrogen-bond acceptors (Lipinski definition) is 3. The number of hydrogen-bond donors (Lipinski definition) is 2. The second-order valence-electron chi connectivity index (χ2n) is 7.08. The van der Waals surface area contributed by atoms with Crippen LogP contribution in [0.4, 0.5) is 14.5 Å². The van der Waals surface area contributed by atoms with Crippen LogP contribution in [0.2, 0.25) is 0 Å². The number of guanidine groups is 1. The summed E-state index contributed by atoms with van der Waals surface area (Å²) in [6, 6.07) is 12.5. The van der Waals surface area contributed by atoms with Crippen molar-refractivity contribution in [3.8, 4) is 0 Å². The summed E-state index contributed by atoms with van der Waals surface area (Å²) in [7, 11) is 1.74. The van der Waals surface area contributed by atoms with Gasteiger partial charge in [0.2, 0.25) is 5.91 Å². The molecule has 2 aromatic rings. The maximum Gasteiger partial charge on any atom is 0.224 e. The zero-order valence-corrected chi connectivity index (χ0v) is 19.8. The zero-order chi connectivity index (χ0) is 21.3. The normalized spacial score (nSPS) is 14.1. The summed E-state index contributed by atoms with van der Waals surface area (Å²) in [5, 5.41) is 6.13. The van der Waals surface area contributed by atoms with Gasteiger partial charge in [0, 0.05) is 52.0 Å². The van der Waals surface area contributed by atoms with Gasteiger partial charge in [0.1, 0.15) is 11.6 Å². The van der Waals surface area contributed by atoms with Gasteiger partial charge in [-0.15, -0.1) is 24.0 Å². The van der Waals surface area contributed by atoms with E-state index in [0.29, 0.717) is 13.1 Å². The highest BCUT2D eigenvalue weighted by atomic mass is 127. The molecule has 0 aromatic heterocycles. The maximum absolute atomic E-state index is 13.1. The predicted molar refractivity (Wildman–Crippen MR) is 130 cm³/mol. The zero-order valence-electron chi connectivity index (χ0n) is 17.5. The Balaban J connectivity index is 0.00000341. The lowest BCUT2D eigenvalue weighted by atomic mass is 10.1. The Bertz CT molecular complexity index is 853. The second kappa shape index (κ2) is 12.4. The van der Waals surface area contributed by atoms with Crippen LogP contribution >= 0.6 is 24.0 Å². The molecule has 1 amide bonds. The first-order chi connectivity index (χ1) is 14.5. The molecule has 9 heteroatoms. The molecule has 0 unspecified atom stereocenters. The minimum atomic E-state index is -0.312. The number of amides is 1. The standard InChI is InChI=1S/C22H27F2N5O.HI/c1-25-22(27-11-10-26-21(30)16-17-2-4-18(23)5-3-17)29-14-12-28(13-15-29)20-8-6-19(24)7-9-20;/h2-9H,10-16H2,1H3,(H,25,27)(H,26,30);1H. The van der Waals surface area contributed by atoms with Gasteiger partial charge in [0.25, 0.3) is 0 Å². The number of nitrogens with one attached hydrogen (secondary N) is 2. The van der Waals surface area contributed by atoms with Crippen LogP contribution in [0.3, 0.4) is 0 Å². The van der Waals surface area contributed by atoms with E-state index >= 15 is 0 Å². The van der Waals surface area contributed by atoms with Gasteiger partial charge in [0.15, 0.2) is 5.96 Å². The number of aliphatic imine (C=N–C) groups is 1. The molecule has 31 heavy (non-hydrogen) atoms. The minimum absolute atomic E-state index is 0. The van der Waals surface area contributed by atoms with E-state index in [2.05, 4.69) is 25.4 Å². The number of anilines is 1. The lowest BCUT2D eigenvalue weighted by Gasteiger charge is -2.37. The first-order valence-corrected chi connectivity index (χ1v) is 10.0. The molecule has 1 saturated heterocycles. The molecular formula is C22H28F2IN5O. The van der Waals surface area contributed by atoms with Crippen LogP contribution in [0, 0.1) is 11.6 Å². The van der Waals surface area contributed by atoms with Gasteiger partial charge in [-0.2, -0.15) is 0 Å². The highest BCUT2D eigenvalue weighted by molar-refractivity contribution is 14.0. The average Bonchev–Trinajstić information content (AvgIpc) is 2.76. The van der Waals surface area contributed by atoms with E-state index in [1.54, 1.807) is 31.3 Å². The van der Waals surface area contributed by atoms with Crippen LogP contribution in [0.1, 0.15) is 5.56 Å². The molecule has 6 nitrogen and oxygen atoms in total. The average molecular weight is 543 g/mol. The fraction of sp³-hybridized carbons (Fsp3) is 0.364. The fourth-order valence-electron chi connectivity index (χ4n) is 3.39. The van der Waals surface area contributed by atoms with Crippen LogP contribution in [-0.4, -0.2) is 63.1 Å². The van der Waals surface area contributed by atoms with Crippen molar-refractivity contribution < 1.29 is 13.6 Å². The molecule has 0 saturated carbocycles.